The zero-order chi connectivity index (χ0) is 16.2. The van der Waals surface area contributed by atoms with E-state index in [0.717, 1.165) is 5.82 Å². The van der Waals surface area contributed by atoms with Gasteiger partial charge in [-0.3, -0.25) is 0 Å². The van der Waals surface area contributed by atoms with Crippen molar-refractivity contribution in [1.29, 1.82) is 0 Å². The predicted molar refractivity (Wildman–Crippen MR) is 82.8 cm³/mol. The van der Waals surface area contributed by atoms with E-state index in [9.17, 15) is 9.59 Å². The summed E-state index contributed by atoms with van der Waals surface area (Å²) in [6.07, 6.45) is 2.77. The second-order valence-electron chi connectivity index (χ2n) is 5.08. The van der Waals surface area contributed by atoms with Gasteiger partial charge in [0.2, 0.25) is 0 Å². The van der Waals surface area contributed by atoms with E-state index in [1.54, 1.807) is 18.0 Å². The number of aromatic amines is 1. The normalized spacial score (nSPS) is 14.8. The molecule has 3 rings (SSSR count). The first-order valence-corrected chi connectivity index (χ1v) is 7.44. The van der Waals surface area contributed by atoms with Gasteiger partial charge >= 0.3 is 11.8 Å². The number of nitrogens with zero attached hydrogens (tertiary/aromatic N) is 5. The van der Waals surface area contributed by atoms with Crippen LogP contribution in [0.2, 0.25) is 0 Å². The Balaban J connectivity index is 1.64. The first-order valence-electron chi connectivity index (χ1n) is 7.44. The number of aromatic nitrogens is 4. The Hall–Kier alpha value is -2.84. The van der Waals surface area contributed by atoms with Crippen LogP contribution < -0.4 is 10.6 Å². The summed E-state index contributed by atoms with van der Waals surface area (Å²) in [5, 5.41) is 6.03. The van der Waals surface area contributed by atoms with Gasteiger partial charge in [0.15, 0.2) is 0 Å². The van der Waals surface area contributed by atoms with Crippen molar-refractivity contribution >= 4 is 11.9 Å². The zero-order valence-corrected chi connectivity index (χ0v) is 12.8. The van der Waals surface area contributed by atoms with Gasteiger partial charge in [0.1, 0.15) is 12.1 Å². The van der Waals surface area contributed by atoms with E-state index in [-0.39, 0.29) is 11.8 Å². The Morgan fingerprint density at radius 1 is 1.30 bits per heavy atom. The highest BCUT2D eigenvalue weighted by Crippen LogP contribution is 2.15. The fourth-order valence-corrected chi connectivity index (χ4v) is 2.47. The predicted octanol–water partition coefficient (Wildman–Crippen LogP) is 0.234. The number of amides is 1. The van der Waals surface area contributed by atoms with E-state index >= 15 is 0 Å². The van der Waals surface area contributed by atoms with Crippen LogP contribution in [0.5, 0.6) is 0 Å². The van der Waals surface area contributed by atoms with Crippen molar-refractivity contribution in [2.24, 2.45) is 0 Å². The topological polar surface area (TPSA) is 96.4 Å². The third-order valence-electron chi connectivity index (χ3n) is 3.69. The molecule has 1 saturated heterocycles. The van der Waals surface area contributed by atoms with Gasteiger partial charge in [0.25, 0.3) is 0 Å². The number of hydrogen-bond acceptors (Lipinski definition) is 6. The third-order valence-corrected chi connectivity index (χ3v) is 3.69. The Morgan fingerprint density at radius 3 is 2.65 bits per heavy atom. The lowest BCUT2D eigenvalue weighted by molar-refractivity contribution is 0.105. The smallest absolute Gasteiger partial charge is 0.409 e. The summed E-state index contributed by atoms with van der Waals surface area (Å²) in [5.41, 5.74) is 0.347. The summed E-state index contributed by atoms with van der Waals surface area (Å²) < 4.78 is 6.39. The van der Waals surface area contributed by atoms with E-state index < -0.39 is 0 Å². The quantitative estimate of drug-likeness (QED) is 0.870. The molecule has 3 heterocycles. The van der Waals surface area contributed by atoms with Crippen molar-refractivity contribution in [1.82, 2.24) is 24.6 Å². The zero-order valence-electron chi connectivity index (χ0n) is 12.8. The van der Waals surface area contributed by atoms with Crippen LogP contribution in [0.1, 0.15) is 6.92 Å². The Kier molecular flexibility index (Phi) is 4.26. The number of carbonyl (C=O) groups is 1. The van der Waals surface area contributed by atoms with E-state index in [2.05, 4.69) is 20.1 Å². The third kappa shape index (κ3) is 3.17. The standard InChI is InChI=1S/C14H18N6O3/c1-2-23-14(22)19-7-5-18(6-8-19)12-4-3-11(9-15-12)20-10-16-17-13(20)21/h3-4,9-10H,2,5-8H2,1H3,(H,17,21). The molecule has 2 aromatic rings. The average Bonchev–Trinajstić information content (AvgIpc) is 3.01. The van der Waals surface area contributed by atoms with Gasteiger partial charge in [-0.25, -0.2) is 24.2 Å². The molecule has 0 aliphatic carbocycles. The van der Waals surface area contributed by atoms with E-state index in [0.29, 0.717) is 38.5 Å². The SMILES string of the molecule is CCOC(=O)N1CCN(c2ccc(-n3cn[nH]c3=O)cn2)CC1. The monoisotopic (exact) mass is 318 g/mol. The van der Waals surface area contributed by atoms with Gasteiger partial charge in [-0.05, 0) is 19.1 Å². The molecule has 0 saturated carbocycles. The molecule has 23 heavy (non-hydrogen) atoms. The van der Waals surface area contributed by atoms with Crippen molar-refractivity contribution in [3.8, 4) is 5.69 Å². The summed E-state index contributed by atoms with van der Waals surface area (Å²) in [5.74, 6) is 0.814. The minimum Gasteiger partial charge on any atom is -0.450 e. The van der Waals surface area contributed by atoms with Gasteiger partial charge < -0.3 is 14.5 Å². The molecule has 9 heteroatoms. The highest BCUT2D eigenvalue weighted by atomic mass is 16.6. The van der Waals surface area contributed by atoms with Gasteiger partial charge in [0, 0.05) is 26.2 Å². The first-order chi connectivity index (χ1) is 11.2. The van der Waals surface area contributed by atoms with Crippen molar-refractivity contribution in [2.45, 2.75) is 6.92 Å². The minimum atomic E-state index is -0.303. The fraction of sp³-hybridized carbons (Fsp3) is 0.429. The van der Waals surface area contributed by atoms with Crippen LogP contribution in [0.4, 0.5) is 10.6 Å². The number of anilines is 1. The van der Waals surface area contributed by atoms with Crippen molar-refractivity contribution in [3.05, 3.63) is 35.1 Å². The van der Waals surface area contributed by atoms with Gasteiger partial charge in [-0.15, -0.1) is 0 Å². The summed E-state index contributed by atoms with van der Waals surface area (Å²) in [6.45, 7) is 4.76. The molecule has 1 aliphatic rings. The number of piperazine rings is 1. The molecule has 1 aliphatic heterocycles. The lowest BCUT2D eigenvalue weighted by Gasteiger charge is -2.34. The maximum Gasteiger partial charge on any atom is 0.409 e. The number of pyridine rings is 1. The molecule has 1 fully saturated rings. The molecule has 2 aromatic heterocycles. The Morgan fingerprint density at radius 2 is 2.09 bits per heavy atom. The van der Waals surface area contributed by atoms with Gasteiger partial charge in [-0.1, -0.05) is 0 Å². The van der Waals surface area contributed by atoms with Gasteiger partial charge in [-0.2, -0.15) is 5.10 Å². The molecule has 9 nitrogen and oxygen atoms in total. The molecule has 0 aromatic carbocycles. The lowest BCUT2D eigenvalue weighted by Crippen LogP contribution is -2.49. The maximum absolute atomic E-state index is 11.7. The average molecular weight is 318 g/mol. The number of ether oxygens (including phenoxy) is 1. The van der Waals surface area contributed by atoms with Crippen molar-refractivity contribution in [3.63, 3.8) is 0 Å². The molecule has 0 spiro atoms. The first kappa shape index (κ1) is 15.1. The van der Waals surface area contributed by atoms with Crippen LogP contribution in [-0.4, -0.2) is 63.5 Å². The van der Waals surface area contributed by atoms with E-state index in [4.69, 9.17) is 4.74 Å². The Labute approximate surface area is 132 Å². The highest BCUT2D eigenvalue weighted by molar-refractivity contribution is 5.68. The van der Waals surface area contributed by atoms with Crippen LogP contribution in [0.25, 0.3) is 5.69 Å². The summed E-state index contributed by atoms with van der Waals surface area (Å²) in [4.78, 5) is 31.4. The van der Waals surface area contributed by atoms with Crippen molar-refractivity contribution in [2.75, 3.05) is 37.7 Å². The number of carbonyl (C=O) groups excluding carboxylic acids is 1. The fourth-order valence-electron chi connectivity index (χ4n) is 2.47. The summed E-state index contributed by atoms with van der Waals surface area (Å²) >= 11 is 0. The summed E-state index contributed by atoms with van der Waals surface area (Å²) in [7, 11) is 0. The van der Waals surface area contributed by atoms with Crippen LogP contribution in [0.15, 0.2) is 29.5 Å². The number of nitrogens with one attached hydrogen (secondary N) is 1. The highest BCUT2D eigenvalue weighted by Gasteiger charge is 2.22. The molecule has 0 atom stereocenters. The van der Waals surface area contributed by atoms with Crippen molar-refractivity contribution < 1.29 is 9.53 Å². The molecule has 0 radical (unpaired) electrons. The number of H-pyrrole nitrogens is 1. The largest absolute Gasteiger partial charge is 0.450 e. The molecule has 1 N–H and O–H groups in total. The molecular weight excluding hydrogens is 300 g/mol. The maximum atomic E-state index is 11.7. The molecule has 122 valence electrons. The molecule has 0 bridgehead atoms. The lowest BCUT2D eigenvalue weighted by atomic mass is 10.3. The minimum absolute atomic E-state index is 0.269. The van der Waals surface area contributed by atoms with Crippen LogP contribution in [0, 0.1) is 0 Å². The summed E-state index contributed by atoms with van der Waals surface area (Å²) in [6, 6.07) is 3.67. The number of hydrogen-bond donors (Lipinski definition) is 1. The number of rotatable bonds is 3. The second-order valence-corrected chi connectivity index (χ2v) is 5.08. The Bertz CT molecular complexity index is 715. The second kappa shape index (κ2) is 6.51. The molecule has 0 unspecified atom stereocenters. The van der Waals surface area contributed by atoms with Gasteiger partial charge in [0.05, 0.1) is 18.5 Å². The molecular formula is C14H18N6O3. The van der Waals surface area contributed by atoms with E-state index in [1.165, 1.54) is 10.9 Å². The molecule has 1 amide bonds. The van der Waals surface area contributed by atoms with Crippen LogP contribution in [0.3, 0.4) is 0 Å². The van der Waals surface area contributed by atoms with E-state index in [1.807, 2.05) is 12.1 Å². The van der Waals surface area contributed by atoms with Crippen LogP contribution >= 0.6 is 0 Å². The van der Waals surface area contributed by atoms with Crippen LogP contribution in [-0.2, 0) is 4.74 Å².